The van der Waals surface area contributed by atoms with E-state index >= 15 is 0 Å². The highest BCUT2D eigenvalue weighted by atomic mass is 32.2. The van der Waals surface area contributed by atoms with Gasteiger partial charge in [0, 0.05) is 19.0 Å². The fraction of sp³-hybridized carbons (Fsp3) is 0.286. The Bertz CT molecular complexity index is 932. The molecule has 3 aromatic rings. The maximum atomic E-state index is 12.6. The molecule has 5 heteroatoms. The number of thioether (sulfide) groups is 1. The number of hydrogen-bond acceptors (Lipinski definition) is 4. The van der Waals surface area contributed by atoms with Crippen LogP contribution in [0.25, 0.3) is 0 Å². The molecule has 0 aliphatic heterocycles. The van der Waals surface area contributed by atoms with Crippen LogP contribution in [0.5, 0.6) is 0 Å². The summed E-state index contributed by atoms with van der Waals surface area (Å²) in [6, 6.07) is 14.3. The average molecular weight is 366 g/mol. The van der Waals surface area contributed by atoms with E-state index in [0.29, 0.717) is 5.75 Å². The molecule has 2 aromatic carbocycles. The molecule has 3 rings (SSSR count). The number of aromatic nitrogens is 3. The molecule has 0 fully saturated rings. The molecule has 134 valence electrons. The lowest BCUT2D eigenvalue weighted by molar-refractivity contribution is 0.102. The van der Waals surface area contributed by atoms with Crippen molar-refractivity contribution in [1.29, 1.82) is 0 Å². The average Bonchev–Trinajstić information content (AvgIpc) is 2.97. The molecule has 1 aromatic heterocycles. The maximum absolute atomic E-state index is 12.6. The number of hydrogen-bond donors (Lipinski definition) is 0. The molecule has 0 saturated carbocycles. The fourth-order valence-corrected chi connectivity index (χ4v) is 3.69. The second-order valence-electron chi connectivity index (χ2n) is 6.58. The molecule has 0 amide bonds. The molecule has 0 saturated heterocycles. The summed E-state index contributed by atoms with van der Waals surface area (Å²) in [4.78, 5) is 12.6. The van der Waals surface area contributed by atoms with Crippen molar-refractivity contribution < 1.29 is 4.79 Å². The zero-order chi connectivity index (χ0) is 18.7. The summed E-state index contributed by atoms with van der Waals surface area (Å²) in [6.45, 7) is 6.10. The van der Waals surface area contributed by atoms with Crippen molar-refractivity contribution in [3.63, 3.8) is 0 Å². The number of carbonyl (C=O) groups excluding carboxylic acids is 1. The number of nitrogens with zero attached hydrogens (tertiary/aromatic N) is 3. The fourth-order valence-electron chi connectivity index (χ4n) is 2.87. The van der Waals surface area contributed by atoms with Gasteiger partial charge in [-0.3, -0.25) is 4.79 Å². The number of Topliss-reactive ketones (excluding diaryl/α,β-unsaturated/α-hetero) is 1. The van der Waals surface area contributed by atoms with Crippen LogP contribution in [0.2, 0.25) is 0 Å². The van der Waals surface area contributed by atoms with Gasteiger partial charge in [-0.15, -0.1) is 10.2 Å². The van der Waals surface area contributed by atoms with Gasteiger partial charge in [0.05, 0.1) is 5.75 Å². The summed E-state index contributed by atoms with van der Waals surface area (Å²) in [7, 11) is 1.95. The van der Waals surface area contributed by atoms with Gasteiger partial charge >= 0.3 is 0 Å². The van der Waals surface area contributed by atoms with Gasteiger partial charge in [-0.05, 0) is 49.1 Å². The molecule has 0 N–H and O–H groups in total. The zero-order valence-electron chi connectivity index (χ0n) is 15.6. The number of aryl methyl sites for hydroxylation is 3. The highest BCUT2D eigenvalue weighted by molar-refractivity contribution is 7.99. The van der Waals surface area contributed by atoms with E-state index in [-0.39, 0.29) is 5.78 Å². The first-order chi connectivity index (χ1) is 12.5. The predicted molar refractivity (Wildman–Crippen MR) is 106 cm³/mol. The molecule has 0 aliphatic carbocycles. The minimum absolute atomic E-state index is 0.128. The van der Waals surface area contributed by atoms with Gasteiger partial charge in [0.2, 0.25) is 0 Å². The van der Waals surface area contributed by atoms with E-state index in [1.54, 1.807) is 0 Å². The van der Waals surface area contributed by atoms with Crippen LogP contribution in [0.3, 0.4) is 0 Å². The van der Waals surface area contributed by atoms with E-state index in [1.807, 2.05) is 49.7 Å². The second kappa shape index (κ2) is 7.87. The molecule has 0 spiro atoms. The Kier molecular flexibility index (Phi) is 5.57. The van der Waals surface area contributed by atoms with Crippen LogP contribution in [0.1, 0.15) is 38.4 Å². The topological polar surface area (TPSA) is 47.8 Å². The van der Waals surface area contributed by atoms with Gasteiger partial charge in [0.15, 0.2) is 10.9 Å². The SMILES string of the molecule is Cc1cc(C)c(C(=O)CSc2nnc(Cc3ccccc3)n2C)cc1C. The van der Waals surface area contributed by atoms with Crippen molar-refractivity contribution in [3.05, 3.63) is 76.1 Å². The van der Waals surface area contributed by atoms with Crippen LogP contribution >= 0.6 is 11.8 Å². The number of benzene rings is 2. The molecule has 1 heterocycles. The van der Waals surface area contributed by atoms with Crippen molar-refractivity contribution >= 4 is 17.5 Å². The van der Waals surface area contributed by atoms with E-state index in [1.165, 1.54) is 22.9 Å². The smallest absolute Gasteiger partial charge is 0.191 e. The number of carbonyl (C=O) groups is 1. The van der Waals surface area contributed by atoms with Gasteiger partial charge in [-0.2, -0.15) is 0 Å². The predicted octanol–water partition coefficient (Wildman–Crippen LogP) is 4.31. The minimum Gasteiger partial charge on any atom is -0.309 e. The Labute approximate surface area is 158 Å². The summed E-state index contributed by atoms with van der Waals surface area (Å²) in [5.74, 6) is 1.39. The minimum atomic E-state index is 0.128. The maximum Gasteiger partial charge on any atom is 0.191 e. The third-order valence-corrected chi connectivity index (χ3v) is 5.62. The highest BCUT2D eigenvalue weighted by Gasteiger charge is 2.15. The van der Waals surface area contributed by atoms with E-state index < -0.39 is 0 Å². The van der Waals surface area contributed by atoms with Crippen molar-refractivity contribution in [2.45, 2.75) is 32.3 Å². The van der Waals surface area contributed by atoms with Crippen LogP contribution < -0.4 is 0 Å². The van der Waals surface area contributed by atoms with Crippen LogP contribution in [0.4, 0.5) is 0 Å². The lowest BCUT2D eigenvalue weighted by atomic mass is 9.99. The Morgan fingerprint density at radius 1 is 1.00 bits per heavy atom. The summed E-state index contributed by atoms with van der Waals surface area (Å²) >= 11 is 1.44. The number of ketones is 1. The van der Waals surface area contributed by atoms with Crippen LogP contribution in [0.15, 0.2) is 47.6 Å². The second-order valence-corrected chi connectivity index (χ2v) is 7.53. The Balaban J connectivity index is 1.69. The van der Waals surface area contributed by atoms with E-state index in [9.17, 15) is 4.79 Å². The molecule has 0 aliphatic rings. The third kappa shape index (κ3) is 4.05. The molecule has 0 atom stereocenters. The molecule has 0 unspecified atom stereocenters. The molecule has 4 nitrogen and oxygen atoms in total. The molecule has 0 radical (unpaired) electrons. The van der Waals surface area contributed by atoms with Crippen LogP contribution in [-0.4, -0.2) is 26.3 Å². The third-order valence-electron chi connectivity index (χ3n) is 4.60. The Morgan fingerprint density at radius 3 is 2.42 bits per heavy atom. The zero-order valence-corrected chi connectivity index (χ0v) is 16.4. The van der Waals surface area contributed by atoms with Crippen molar-refractivity contribution in [1.82, 2.24) is 14.8 Å². The van der Waals surface area contributed by atoms with Gasteiger partial charge < -0.3 is 4.57 Å². The largest absolute Gasteiger partial charge is 0.309 e. The Morgan fingerprint density at radius 2 is 1.69 bits per heavy atom. The van der Waals surface area contributed by atoms with Crippen molar-refractivity contribution in [3.8, 4) is 0 Å². The summed E-state index contributed by atoms with van der Waals surface area (Å²) in [5, 5.41) is 9.31. The standard InChI is InChI=1S/C21H23N3OS/c1-14-10-16(3)18(11-15(14)2)19(25)13-26-21-23-22-20(24(21)4)12-17-8-6-5-7-9-17/h5-11H,12-13H2,1-4H3. The first-order valence-corrected chi connectivity index (χ1v) is 9.60. The van der Waals surface area contributed by atoms with E-state index in [2.05, 4.69) is 35.3 Å². The first-order valence-electron chi connectivity index (χ1n) is 8.61. The van der Waals surface area contributed by atoms with Crippen LogP contribution in [-0.2, 0) is 13.5 Å². The van der Waals surface area contributed by atoms with Gasteiger partial charge in [0.25, 0.3) is 0 Å². The van der Waals surface area contributed by atoms with Crippen LogP contribution in [0, 0.1) is 20.8 Å². The van der Waals surface area contributed by atoms with Crippen molar-refractivity contribution in [2.24, 2.45) is 7.05 Å². The lowest BCUT2D eigenvalue weighted by Crippen LogP contribution is -2.07. The molecular weight excluding hydrogens is 342 g/mol. The number of rotatable bonds is 6. The molecular formula is C21H23N3OS. The molecule has 26 heavy (non-hydrogen) atoms. The first kappa shape index (κ1) is 18.4. The lowest BCUT2D eigenvalue weighted by Gasteiger charge is -2.09. The summed E-state index contributed by atoms with van der Waals surface area (Å²) < 4.78 is 1.97. The van der Waals surface area contributed by atoms with Crippen molar-refractivity contribution in [2.75, 3.05) is 5.75 Å². The van der Waals surface area contributed by atoms with Gasteiger partial charge in [-0.25, -0.2) is 0 Å². The highest BCUT2D eigenvalue weighted by Crippen LogP contribution is 2.21. The summed E-state index contributed by atoms with van der Waals surface area (Å²) in [5.41, 5.74) is 5.38. The summed E-state index contributed by atoms with van der Waals surface area (Å²) in [6.07, 6.45) is 0.731. The quantitative estimate of drug-likeness (QED) is 0.482. The Hall–Kier alpha value is -2.40. The van der Waals surface area contributed by atoms with Gasteiger partial charge in [-0.1, -0.05) is 48.2 Å². The normalized spacial score (nSPS) is 10.9. The van der Waals surface area contributed by atoms with E-state index in [4.69, 9.17) is 0 Å². The van der Waals surface area contributed by atoms with E-state index in [0.717, 1.165) is 34.1 Å². The molecule has 0 bridgehead atoms. The van der Waals surface area contributed by atoms with Gasteiger partial charge in [0.1, 0.15) is 5.82 Å². The monoisotopic (exact) mass is 365 g/mol.